The molecule has 23 heavy (non-hydrogen) atoms. The molecule has 0 saturated heterocycles. The molecule has 126 valence electrons. The first-order valence-corrected chi connectivity index (χ1v) is 8.01. The summed E-state index contributed by atoms with van der Waals surface area (Å²) in [5.74, 6) is -1.95. The molecule has 0 radical (unpaired) electrons. The van der Waals surface area contributed by atoms with E-state index in [-0.39, 0.29) is 5.56 Å². The molecule has 0 saturated carbocycles. The fourth-order valence-electron chi connectivity index (χ4n) is 2.71. The molecule has 0 fully saturated rings. The van der Waals surface area contributed by atoms with Gasteiger partial charge < -0.3 is 10.2 Å². The van der Waals surface area contributed by atoms with Crippen LogP contribution in [0, 0.1) is 11.6 Å². The molecule has 1 aliphatic heterocycles. The Bertz CT molecular complexity index is 623. The van der Waals surface area contributed by atoms with Crippen molar-refractivity contribution >= 4 is 5.84 Å². The lowest BCUT2D eigenvalue weighted by molar-refractivity contribution is 0.351. The van der Waals surface area contributed by atoms with Crippen LogP contribution in [0.15, 0.2) is 35.0 Å². The molecule has 1 heterocycles. The highest BCUT2D eigenvalue weighted by molar-refractivity contribution is 5.94. The van der Waals surface area contributed by atoms with Crippen LogP contribution in [-0.2, 0) is 5.79 Å². The lowest BCUT2D eigenvalue weighted by atomic mass is 10.0. The van der Waals surface area contributed by atoms with Crippen molar-refractivity contribution in [3.05, 3.63) is 47.2 Å². The van der Waals surface area contributed by atoms with E-state index in [4.69, 9.17) is 5.73 Å². The predicted molar refractivity (Wildman–Crippen MR) is 88.7 cm³/mol. The van der Waals surface area contributed by atoms with E-state index in [0.29, 0.717) is 5.84 Å². The summed E-state index contributed by atoms with van der Waals surface area (Å²) in [6, 6.07) is 3.24. The van der Waals surface area contributed by atoms with Crippen molar-refractivity contribution in [3.63, 3.8) is 0 Å². The van der Waals surface area contributed by atoms with E-state index in [0.717, 1.165) is 49.8 Å². The third-order valence-electron chi connectivity index (χ3n) is 3.89. The van der Waals surface area contributed by atoms with Crippen LogP contribution in [0.25, 0.3) is 0 Å². The van der Waals surface area contributed by atoms with Gasteiger partial charge in [-0.3, -0.25) is 5.73 Å². The zero-order chi connectivity index (χ0) is 17.0. The zero-order valence-electron chi connectivity index (χ0n) is 13.9. The summed E-state index contributed by atoms with van der Waals surface area (Å²) >= 11 is 0. The summed E-state index contributed by atoms with van der Waals surface area (Å²) in [6.07, 6.45) is 3.60. The van der Waals surface area contributed by atoms with Crippen molar-refractivity contribution in [2.75, 3.05) is 13.1 Å². The van der Waals surface area contributed by atoms with Crippen LogP contribution in [0.2, 0.25) is 0 Å². The minimum atomic E-state index is -1.51. The minimum absolute atomic E-state index is 0.00357. The first-order valence-electron chi connectivity index (χ1n) is 8.01. The van der Waals surface area contributed by atoms with E-state index in [1.165, 1.54) is 0 Å². The Hall–Kier alpha value is -1.95. The Balaban J connectivity index is 2.51. The normalized spacial score (nSPS) is 20.6. The van der Waals surface area contributed by atoms with Crippen molar-refractivity contribution in [2.24, 2.45) is 10.7 Å². The van der Waals surface area contributed by atoms with Gasteiger partial charge in [-0.15, -0.1) is 0 Å². The first kappa shape index (κ1) is 17.4. The van der Waals surface area contributed by atoms with Crippen LogP contribution >= 0.6 is 0 Å². The Labute approximate surface area is 136 Å². The van der Waals surface area contributed by atoms with E-state index in [1.54, 1.807) is 0 Å². The monoisotopic (exact) mass is 322 g/mol. The molecule has 1 atom stereocenters. The lowest BCUT2D eigenvalue weighted by Gasteiger charge is -2.36. The van der Waals surface area contributed by atoms with E-state index in [1.807, 2.05) is 31.7 Å². The number of nitrogens with zero attached hydrogens (tertiary/aromatic N) is 2. The Morgan fingerprint density at radius 1 is 1.22 bits per heavy atom. The molecule has 0 aromatic heterocycles. The van der Waals surface area contributed by atoms with Crippen LogP contribution in [-0.4, -0.2) is 23.8 Å². The highest BCUT2D eigenvalue weighted by Gasteiger charge is 2.34. The molecule has 6 heteroatoms. The highest BCUT2D eigenvalue weighted by Crippen LogP contribution is 2.27. The second kappa shape index (κ2) is 7.08. The number of benzene rings is 1. The average Bonchev–Trinajstić information content (AvgIpc) is 2.51. The number of nitrogens with two attached hydrogens (primary N) is 1. The standard InChI is InChI=1S/C17H24F2N4/c1-4-7-13-11-16(23(5-2)6-3)22-17(20,21-13)14-10-12(18)8-9-15(14)19/h8-11,21H,4-7,20H2,1-3H3. The molecule has 1 aromatic carbocycles. The first-order chi connectivity index (χ1) is 10.9. The minimum Gasteiger partial charge on any atom is -0.357 e. The van der Waals surface area contributed by atoms with Crippen LogP contribution in [0.5, 0.6) is 0 Å². The molecule has 0 amide bonds. The molecule has 2 rings (SSSR count). The number of hydrogen-bond donors (Lipinski definition) is 2. The van der Waals surface area contributed by atoms with Crippen molar-refractivity contribution in [1.82, 2.24) is 10.2 Å². The average molecular weight is 322 g/mol. The van der Waals surface area contributed by atoms with Crippen molar-refractivity contribution in [2.45, 2.75) is 39.4 Å². The molecule has 4 nitrogen and oxygen atoms in total. The molecular formula is C17H24F2N4. The van der Waals surface area contributed by atoms with Gasteiger partial charge in [-0.2, -0.15) is 0 Å². The van der Waals surface area contributed by atoms with Gasteiger partial charge in [0.05, 0.1) is 5.56 Å². The van der Waals surface area contributed by atoms with E-state index in [9.17, 15) is 8.78 Å². The Morgan fingerprint density at radius 2 is 1.91 bits per heavy atom. The van der Waals surface area contributed by atoms with Crippen molar-refractivity contribution in [3.8, 4) is 0 Å². The van der Waals surface area contributed by atoms with Crippen LogP contribution < -0.4 is 11.1 Å². The zero-order valence-corrected chi connectivity index (χ0v) is 13.9. The highest BCUT2D eigenvalue weighted by atomic mass is 19.1. The van der Waals surface area contributed by atoms with Gasteiger partial charge in [-0.05, 0) is 44.5 Å². The number of likely N-dealkylation sites (N-methyl/N-ethyl adjacent to an activating group) is 1. The number of allylic oxidation sites excluding steroid dienone is 1. The largest absolute Gasteiger partial charge is 0.357 e. The lowest BCUT2D eigenvalue weighted by Crippen LogP contribution is -2.53. The van der Waals surface area contributed by atoms with Gasteiger partial charge in [-0.25, -0.2) is 13.8 Å². The molecular weight excluding hydrogens is 298 g/mol. The topological polar surface area (TPSA) is 53.6 Å². The number of aliphatic imine (C=N–C) groups is 1. The molecule has 0 bridgehead atoms. The Morgan fingerprint density at radius 3 is 2.52 bits per heavy atom. The van der Waals surface area contributed by atoms with E-state index >= 15 is 0 Å². The maximum absolute atomic E-state index is 14.2. The number of rotatable bonds is 5. The van der Waals surface area contributed by atoms with E-state index in [2.05, 4.69) is 10.3 Å². The quantitative estimate of drug-likeness (QED) is 0.876. The summed E-state index contributed by atoms with van der Waals surface area (Å²) in [6.45, 7) is 7.59. The third kappa shape index (κ3) is 3.69. The third-order valence-corrected chi connectivity index (χ3v) is 3.89. The Kier molecular flexibility index (Phi) is 5.36. The fraction of sp³-hybridized carbons (Fsp3) is 0.471. The fourth-order valence-corrected chi connectivity index (χ4v) is 2.71. The maximum atomic E-state index is 14.2. The number of halogens is 2. The van der Waals surface area contributed by atoms with Crippen molar-refractivity contribution < 1.29 is 8.78 Å². The molecule has 1 aliphatic rings. The molecule has 1 aromatic rings. The smallest absolute Gasteiger partial charge is 0.214 e. The summed E-state index contributed by atoms with van der Waals surface area (Å²) in [5.41, 5.74) is 7.21. The van der Waals surface area contributed by atoms with Gasteiger partial charge >= 0.3 is 0 Å². The van der Waals surface area contributed by atoms with E-state index < -0.39 is 17.4 Å². The van der Waals surface area contributed by atoms with Gasteiger partial charge in [-0.1, -0.05) is 13.3 Å². The van der Waals surface area contributed by atoms with Gasteiger partial charge in [0.25, 0.3) is 0 Å². The molecule has 0 spiro atoms. The van der Waals surface area contributed by atoms with Crippen molar-refractivity contribution in [1.29, 1.82) is 0 Å². The second-order valence-electron chi connectivity index (χ2n) is 5.58. The number of amidine groups is 1. The van der Waals surface area contributed by atoms with Crippen LogP contribution in [0.3, 0.4) is 0 Å². The predicted octanol–water partition coefficient (Wildman–Crippen LogP) is 3.06. The maximum Gasteiger partial charge on any atom is 0.214 e. The van der Waals surface area contributed by atoms with Gasteiger partial charge in [0.1, 0.15) is 17.5 Å². The summed E-state index contributed by atoms with van der Waals surface area (Å²) < 4.78 is 27.8. The SMILES string of the molecule is CCCC1=CC(N(CC)CC)=NC(N)(c2cc(F)ccc2F)N1. The van der Waals surface area contributed by atoms with Crippen LogP contribution in [0.4, 0.5) is 8.78 Å². The summed E-state index contributed by atoms with van der Waals surface area (Å²) in [7, 11) is 0. The number of hydrogen-bond acceptors (Lipinski definition) is 4. The van der Waals surface area contributed by atoms with Gasteiger partial charge in [0.2, 0.25) is 5.79 Å². The molecule has 0 aliphatic carbocycles. The number of nitrogens with one attached hydrogen (secondary N) is 1. The molecule has 3 N–H and O–H groups in total. The second-order valence-corrected chi connectivity index (χ2v) is 5.58. The molecule has 1 unspecified atom stereocenters. The van der Waals surface area contributed by atoms with Gasteiger partial charge in [0, 0.05) is 18.8 Å². The summed E-state index contributed by atoms with van der Waals surface area (Å²) in [4.78, 5) is 6.52. The summed E-state index contributed by atoms with van der Waals surface area (Å²) in [5, 5.41) is 3.07. The van der Waals surface area contributed by atoms with Gasteiger partial charge in [0.15, 0.2) is 0 Å². The van der Waals surface area contributed by atoms with Crippen LogP contribution in [0.1, 0.15) is 39.2 Å².